The van der Waals surface area contributed by atoms with Crippen LogP contribution in [0.3, 0.4) is 0 Å². The second-order valence-corrected chi connectivity index (χ2v) is 5.69. The van der Waals surface area contributed by atoms with Crippen molar-refractivity contribution in [1.29, 1.82) is 0 Å². The molecule has 4 rings (SSSR count). The summed E-state index contributed by atoms with van der Waals surface area (Å²) in [4.78, 5) is 9.02. The molecule has 0 unspecified atom stereocenters. The number of halogens is 1. The molecule has 120 valence electrons. The van der Waals surface area contributed by atoms with Crippen LogP contribution < -0.4 is 0 Å². The van der Waals surface area contributed by atoms with Gasteiger partial charge in [0.15, 0.2) is 0 Å². The van der Waals surface area contributed by atoms with E-state index in [1.54, 1.807) is 18.5 Å². The number of rotatable bonds is 3. The molecule has 0 spiro atoms. The first kappa shape index (κ1) is 15.2. The maximum Gasteiger partial charge on any atom is 0.133 e. The monoisotopic (exact) mass is 326 g/mol. The van der Waals surface area contributed by atoms with Gasteiger partial charge in [0.05, 0.1) is 17.6 Å². The van der Waals surface area contributed by atoms with Crippen molar-refractivity contribution in [2.45, 2.75) is 0 Å². The fourth-order valence-electron chi connectivity index (χ4n) is 2.86. The number of aromatic nitrogens is 1. The molecule has 0 aliphatic carbocycles. The zero-order chi connectivity index (χ0) is 17.1. The van der Waals surface area contributed by atoms with Gasteiger partial charge in [0.1, 0.15) is 5.82 Å². The molecule has 0 amide bonds. The van der Waals surface area contributed by atoms with E-state index in [1.165, 1.54) is 6.07 Å². The van der Waals surface area contributed by atoms with Crippen LogP contribution in [0.4, 0.5) is 10.1 Å². The van der Waals surface area contributed by atoms with Crippen molar-refractivity contribution in [3.63, 3.8) is 0 Å². The van der Waals surface area contributed by atoms with Crippen molar-refractivity contribution in [2.75, 3.05) is 0 Å². The Labute approximate surface area is 145 Å². The van der Waals surface area contributed by atoms with Crippen molar-refractivity contribution < 1.29 is 4.39 Å². The van der Waals surface area contributed by atoms with E-state index in [0.29, 0.717) is 11.1 Å². The Balaban J connectivity index is 1.98. The predicted octanol–water partition coefficient (Wildman–Crippen LogP) is 5.54. The fourth-order valence-corrected chi connectivity index (χ4v) is 2.86. The minimum Gasteiger partial charge on any atom is -0.262 e. The number of nitrogens with zero attached hydrogens (tertiary/aromatic N) is 2. The number of benzene rings is 3. The van der Waals surface area contributed by atoms with Gasteiger partial charge in [-0.1, -0.05) is 72.8 Å². The first-order chi connectivity index (χ1) is 12.3. The van der Waals surface area contributed by atoms with Gasteiger partial charge in [-0.2, -0.15) is 0 Å². The zero-order valence-corrected chi connectivity index (χ0v) is 13.4. The van der Waals surface area contributed by atoms with Crippen molar-refractivity contribution in [1.82, 2.24) is 4.98 Å². The van der Waals surface area contributed by atoms with E-state index in [4.69, 9.17) is 4.99 Å². The van der Waals surface area contributed by atoms with E-state index in [-0.39, 0.29) is 5.82 Å². The Morgan fingerprint density at radius 2 is 1.36 bits per heavy atom. The highest BCUT2D eigenvalue weighted by Gasteiger charge is 2.10. The fraction of sp³-hybridized carbons (Fsp3) is 0. The van der Waals surface area contributed by atoms with Gasteiger partial charge < -0.3 is 0 Å². The van der Waals surface area contributed by atoms with Crippen LogP contribution in [0.15, 0.2) is 96.2 Å². The van der Waals surface area contributed by atoms with Crippen LogP contribution in [0.2, 0.25) is 0 Å². The third-order valence-corrected chi connectivity index (χ3v) is 4.04. The quantitative estimate of drug-likeness (QED) is 0.454. The van der Waals surface area contributed by atoms with Crippen LogP contribution in [0.25, 0.3) is 10.8 Å². The second-order valence-electron chi connectivity index (χ2n) is 5.69. The molecule has 0 fully saturated rings. The lowest BCUT2D eigenvalue weighted by atomic mass is 10.0. The van der Waals surface area contributed by atoms with Crippen LogP contribution in [0, 0.1) is 5.82 Å². The zero-order valence-electron chi connectivity index (χ0n) is 13.4. The summed E-state index contributed by atoms with van der Waals surface area (Å²) in [5.41, 5.74) is 3.26. The van der Waals surface area contributed by atoms with Gasteiger partial charge in [-0.25, -0.2) is 9.38 Å². The lowest BCUT2D eigenvalue weighted by Gasteiger charge is -2.09. The molecular formula is C22H15FN2. The molecule has 3 heteroatoms. The Kier molecular flexibility index (Phi) is 4.05. The number of hydrogen-bond acceptors (Lipinski definition) is 2. The average Bonchev–Trinajstić information content (AvgIpc) is 2.68. The minimum atomic E-state index is -0.292. The van der Waals surface area contributed by atoms with Gasteiger partial charge >= 0.3 is 0 Å². The smallest absolute Gasteiger partial charge is 0.133 e. The second kappa shape index (κ2) is 6.65. The molecule has 0 saturated carbocycles. The molecule has 4 aromatic rings. The van der Waals surface area contributed by atoms with Gasteiger partial charge in [0.25, 0.3) is 0 Å². The number of fused-ring (bicyclic) bond motifs is 1. The molecule has 0 saturated heterocycles. The molecule has 0 aliphatic heterocycles. The van der Waals surface area contributed by atoms with Crippen molar-refractivity contribution >= 4 is 22.2 Å². The maximum atomic E-state index is 14.4. The molecule has 25 heavy (non-hydrogen) atoms. The molecule has 0 atom stereocenters. The lowest BCUT2D eigenvalue weighted by molar-refractivity contribution is 0.640. The van der Waals surface area contributed by atoms with E-state index in [2.05, 4.69) is 4.98 Å². The van der Waals surface area contributed by atoms with Gasteiger partial charge in [0.2, 0.25) is 0 Å². The highest BCUT2D eigenvalue weighted by molar-refractivity contribution is 6.14. The van der Waals surface area contributed by atoms with Crippen LogP contribution >= 0.6 is 0 Å². The molecule has 0 aliphatic rings. The van der Waals surface area contributed by atoms with Gasteiger partial charge in [-0.15, -0.1) is 0 Å². The molecule has 0 radical (unpaired) electrons. The van der Waals surface area contributed by atoms with Crippen LogP contribution in [-0.2, 0) is 0 Å². The molecule has 0 bridgehead atoms. The Hall–Kier alpha value is -3.33. The van der Waals surface area contributed by atoms with Crippen molar-refractivity contribution in [3.8, 4) is 0 Å². The van der Waals surface area contributed by atoms with E-state index in [1.807, 2.05) is 66.7 Å². The van der Waals surface area contributed by atoms with Crippen LogP contribution in [-0.4, -0.2) is 10.7 Å². The molecular weight excluding hydrogens is 311 g/mol. The highest BCUT2D eigenvalue weighted by atomic mass is 19.1. The summed E-state index contributed by atoms with van der Waals surface area (Å²) in [5.74, 6) is -0.292. The minimum absolute atomic E-state index is 0.292. The third-order valence-electron chi connectivity index (χ3n) is 4.04. The largest absolute Gasteiger partial charge is 0.262 e. The SMILES string of the molecule is Fc1cccc2cncc(N=C(c3ccccc3)c3ccccc3)c12. The van der Waals surface area contributed by atoms with Crippen LogP contribution in [0.1, 0.15) is 11.1 Å². The normalized spacial score (nSPS) is 10.6. The van der Waals surface area contributed by atoms with E-state index >= 15 is 0 Å². The van der Waals surface area contributed by atoms with Crippen molar-refractivity contribution in [2.24, 2.45) is 4.99 Å². The summed E-state index contributed by atoms with van der Waals surface area (Å²) in [6, 6.07) is 24.8. The van der Waals surface area contributed by atoms with Gasteiger partial charge in [0, 0.05) is 28.1 Å². The standard InChI is InChI=1S/C22H15FN2/c23-19-13-7-12-18-14-24-15-20(21(18)19)25-22(16-8-3-1-4-9-16)17-10-5-2-6-11-17/h1-15H. The average molecular weight is 326 g/mol. The van der Waals surface area contributed by atoms with Gasteiger partial charge in [-0.05, 0) is 6.07 Å². The molecule has 1 aromatic heterocycles. The first-order valence-corrected chi connectivity index (χ1v) is 8.05. The maximum absolute atomic E-state index is 14.4. The predicted molar refractivity (Wildman–Crippen MR) is 99.9 cm³/mol. The first-order valence-electron chi connectivity index (χ1n) is 8.05. The lowest BCUT2D eigenvalue weighted by Crippen LogP contribution is -2.02. The Morgan fingerprint density at radius 1 is 0.720 bits per heavy atom. The summed E-state index contributed by atoms with van der Waals surface area (Å²) in [5, 5.41) is 1.23. The number of pyridine rings is 1. The highest BCUT2D eigenvalue weighted by Crippen LogP contribution is 2.28. The van der Waals surface area contributed by atoms with Crippen LogP contribution in [0.5, 0.6) is 0 Å². The number of hydrogen-bond donors (Lipinski definition) is 0. The van der Waals surface area contributed by atoms with E-state index < -0.39 is 0 Å². The number of aliphatic imine (C=N–C) groups is 1. The third kappa shape index (κ3) is 3.04. The molecule has 0 N–H and O–H groups in total. The Morgan fingerprint density at radius 3 is 2.00 bits per heavy atom. The van der Waals surface area contributed by atoms with E-state index in [0.717, 1.165) is 22.2 Å². The Bertz CT molecular complexity index is 995. The summed E-state index contributed by atoms with van der Waals surface area (Å²) in [6.07, 6.45) is 3.26. The summed E-state index contributed by atoms with van der Waals surface area (Å²) in [6.45, 7) is 0. The summed E-state index contributed by atoms with van der Waals surface area (Å²) in [7, 11) is 0. The molecule has 1 heterocycles. The summed E-state index contributed by atoms with van der Waals surface area (Å²) < 4.78 is 14.4. The molecule has 3 aromatic carbocycles. The molecule has 2 nitrogen and oxygen atoms in total. The topological polar surface area (TPSA) is 25.2 Å². The van der Waals surface area contributed by atoms with Crippen molar-refractivity contribution in [3.05, 3.63) is 108 Å². The van der Waals surface area contributed by atoms with Gasteiger partial charge in [-0.3, -0.25) is 4.98 Å². The van der Waals surface area contributed by atoms with E-state index in [9.17, 15) is 4.39 Å². The summed E-state index contributed by atoms with van der Waals surface area (Å²) >= 11 is 0.